The molecule has 27 heavy (non-hydrogen) atoms. The Morgan fingerprint density at radius 1 is 1.04 bits per heavy atom. The molecule has 0 radical (unpaired) electrons. The topological polar surface area (TPSA) is 38.3 Å². The van der Waals surface area contributed by atoms with Gasteiger partial charge in [0.15, 0.2) is 0 Å². The lowest BCUT2D eigenvalue weighted by molar-refractivity contribution is -0.274. The van der Waals surface area contributed by atoms with Crippen molar-refractivity contribution in [1.29, 1.82) is 0 Å². The maximum absolute atomic E-state index is 12.8. The van der Waals surface area contributed by atoms with Crippen LogP contribution >= 0.6 is 11.8 Å². The minimum atomic E-state index is -4.84. The molecule has 1 amide bonds. The van der Waals surface area contributed by atoms with Gasteiger partial charge in [-0.1, -0.05) is 6.92 Å². The van der Waals surface area contributed by atoms with Crippen molar-refractivity contribution in [2.24, 2.45) is 0 Å². The lowest BCUT2D eigenvalue weighted by Gasteiger charge is -2.13. The third-order valence-corrected chi connectivity index (χ3v) is 4.14. The summed E-state index contributed by atoms with van der Waals surface area (Å²) in [6, 6.07) is 7.16. The second kappa shape index (κ2) is 8.12. The first-order valence-corrected chi connectivity index (χ1v) is 8.49. The van der Waals surface area contributed by atoms with Gasteiger partial charge >= 0.3 is 12.5 Å². The zero-order chi connectivity index (χ0) is 20.2. The summed E-state index contributed by atoms with van der Waals surface area (Å²) in [7, 11) is 0. The van der Waals surface area contributed by atoms with Gasteiger partial charge < -0.3 is 10.1 Å². The molecule has 0 aliphatic carbocycles. The molecule has 2 aromatic rings. The fraction of sp³-hybridized carbons (Fsp3) is 0.235. The van der Waals surface area contributed by atoms with Crippen LogP contribution < -0.4 is 10.1 Å². The van der Waals surface area contributed by atoms with Crippen molar-refractivity contribution in [3.63, 3.8) is 0 Å². The zero-order valence-electron chi connectivity index (χ0n) is 13.7. The highest BCUT2D eigenvalue weighted by Crippen LogP contribution is 2.34. The number of amides is 1. The summed E-state index contributed by atoms with van der Waals surface area (Å²) in [5.74, 6) is -0.688. The molecular weight excluding hydrogens is 396 g/mol. The first-order valence-electron chi connectivity index (χ1n) is 7.51. The summed E-state index contributed by atoms with van der Waals surface area (Å²) in [6.45, 7) is 1.73. The van der Waals surface area contributed by atoms with Crippen molar-refractivity contribution in [1.82, 2.24) is 0 Å². The van der Waals surface area contributed by atoms with E-state index < -0.39 is 29.8 Å². The van der Waals surface area contributed by atoms with Gasteiger partial charge in [-0.15, -0.1) is 24.9 Å². The molecule has 3 nitrogen and oxygen atoms in total. The molecule has 0 heterocycles. The van der Waals surface area contributed by atoms with E-state index in [0.29, 0.717) is 5.75 Å². The standard InChI is InChI=1S/C17H13F6NO2S/c1-2-27-14-9-10(16(18,19)20)3-8-13(14)15(25)24-11-4-6-12(7-5-11)26-17(21,22)23/h3-9H,2H2,1H3,(H,24,25). The van der Waals surface area contributed by atoms with Crippen molar-refractivity contribution in [3.8, 4) is 5.75 Å². The number of thioether (sulfide) groups is 1. The number of carbonyl (C=O) groups is 1. The maximum atomic E-state index is 12.8. The molecule has 2 rings (SSSR count). The van der Waals surface area contributed by atoms with E-state index in [0.717, 1.165) is 42.1 Å². The highest BCUT2D eigenvalue weighted by Gasteiger charge is 2.32. The van der Waals surface area contributed by atoms with Crippen LogP contribution in [0.5, 0.6) is 5.75 Å². The average Bonchev–Trinajstić information content (AvgIpc) is 2.54. The Balaban J connectivity index is 2.20. The molecule has 0 aromatic heterocycles. The molecule has 0 saturated heterocycles. The first kappa shape index (κ1) is 20.9. The zero-order valence-corrected chi connectivity index (χ0v) is 14.6. The van der Waals surface area contributed by atoms with E-state index in [1.54, 1.807) is 6.92 Å². The largest absolute Gasteiger partial charge is 0.573 e. The number of ether oxygens (including phenoxy) is 1. The Kier molecular flexibility index (Phi) is 6.30. The van der Waals surface area contributed by atoms with E-state index in [2.05, 4.69) is 10.1 Å². The van der Waals surface area contributed by atoms with Crippen molar-refractivity contribution in [2.45, 2.75) is 24.4 Å². The van der Waals surface area contributed by atoms with Crippen LogP contribution in [0.25, 0.3) is 0 Å². The third-order valence-electron chi connectivity index (χ3n) is 3.20. The summed E-state index contributed by atoms with van der Waals surface area (Å²) in [5, 5.41) is 2.43. The highest BCUT2D eigenvalue weighted by molar-refractivity contribution is 7.99. The van der Waals surface area contributed by atoms with E-state index >= 15 is 0 Å². The number of rotatable bonds is 5. The van der Waals surface area contributed by atoms with Gasteiger partial charge in [-0.3, -0.25) is 4.79 Å². The van der Waals surface area contributed by atoms with Crippen LogP contribution in [-0.4, -0.2) is 18.0 Å². The van der Waals surface area contributed by atoms with Crippen LogP contribution in [0.15, 0.2) is 47.4 Å². The lowest BCUT2D eigenvalue weighted by atomic mass is 10.1. The second-order valence-corrected chi connectivity index (χ2v) is 6.47. The lowest BCUT2D eigenvalue weighted by Crippen LogP contribution is -2.17. The minimum Gasteiger partial charge on any atom is -0.406 e. The van der Waals surface area contributed by atoms with Gasteiger partial charge in [0.05, 0.1) is 11.1 Å². The van der Waals surface area contributed by atoms with Gasteiger partial charge in [0.1, 0.15) is 5.75 Å². The number of anilines is 1. The SMILES string of the molecule is CCSc1cc(C(F)(F)F)ccc1C(=O)Nc1ccc(OC(F)(F)F)cc1. The summed E-state index contributed by atoms with van der Waals surface area (Å²) in [4.78, 5) is 12.5. The predicted octanol–water partition coefficient (Wildman–Crippen LogP) is 5.97. The summed E-state index contributed by atoms with van der Waals surface area (Å²) < 4.78 is 78.6. The quantitative estimate of drug-likeness (QED) is 0.489. The molecule has 2 aromatic carbocycles. The number of hydrogen-bond acceptors (Lipinski definition) is 3. The van der Waals surface area contributed by atoms with E-state index in [-0.39, 0.29) is 16.1 Å². The predicted molar refractivity (Wildman–Crippen MR) is 88.9 cm³/mol. The molecule has 0 unspecified atom stereocenters. The molecule has 0 fully saturated rings. The Hall–Kier alpha value is -2.36. The van der Waals surface area contributed by atoms with Crippen LogP contribution in [-0.2, 0) is 6.18 Å². The summed E-state index contributed by atoms with van der Waals surface area (Å²) in [6.07, 6.45) is -9.37. The summed E-state index contributed by atoms with van der Waals surface area (Å²) >= 11 is 1.07. The first-order chi connectivity index (χ1) is 12.5. The number of carbonyl (C=O) groups excluding carboxylic acids is 1. The van der Waals surface area contributed by atoms with Gasteiger partial charge in [-0.2, -0.15) is 13.2 Å². The van der Waals surface area contributed by atoms with Crippen LogP contribution in [0.3, 0.4) is 0 Å². The molecule has 0 atom stereocenters. The molecule has 0 saturated carbocycles. The Morgan fingerprint density at radius 2 is 1.67 bits per heavy atom. The van der Waals surface area contributed by atoms with E-state index in [9.17, 15) is 31.1 Å². The van der Waals surface area contributed by atoms with Crippen molar-refractivity contribution in [3.05, 3.63) is 53.6 Å². The molecule has 146 valence electrons. The van der Waals surface area contributed by atoms with Gasteiger partial charge in [0.25, 0.3) is 5.91 Å². The molecule has 0 spiro atoms. The number of hydrogen-bond donors (Lipinski definition) is 1. The normalized spacial score (nSPS) is 12.0. The highest BCUT2D eigenvalue weighted by atomic mass is 32.2. The second-order valence-electron chi connectivity index (χ2n) is 5.17. The van der Waals surface area contributed by atoms with E-state index in [1.165, 1.54) is 12.1 Å². The smallest absolute Gasteiger partial charge is 0.406 e. The summed E-state index contributed by atoms with van der Waals surface area (Å²) in [5.41, 5.74) is -0.670. The Labute approximate surface area is 154 Å². The monoisotopic (exact) mass is 409 g/mol. The number of alkyl halides is 6. The van der Waals surface area contributed by atoms with Crippen LogP contribution in [0.2, 0.25) is 0 Å². The van der Waals surface area contributed by atoms with Crippen molar-refractivity contribution >= 4 is 23.4 Å². The molecule has 1 N–H and O–H groups in total. The van der Waals surface area contributed by atoms with Crippen LogP contribution in [0.4, 0.5) is 32.0 Å². The molecule has 10 heteroatoms. The van der Waals surface area contributed by atoms with E-state index in [4.69, 9.17) is 0 Å². The van der Waals surface area contributed by atoms with Gasteiger partial charge in [0.2, 0.25) is 0 Å². The van der Waals surface area contributed by atoms with Crippen molar-refractivity contribution in [2.75, 3.05) is 11.1 Å². The number of nitrogens with one attached hydrogen (secondary N) is 1. The molecule has 0 bridgehead atoms. The van der Waals surface area contributed by atoms with Gasteiger partial charge in [0, 0.05) is 10.6 Å². The fourth-order valence-corrected chi connectivity index (χ4v) is 2.94. The Morgan fingerprint density at radius 3 is 2.19 bits per heavy atom. The van der Waals surface area contributed by atoms with Crippen LogP contribution in [0, 0.1) is 0 Å². The van der Waals surface area contributed by atoms with Crippen molar-refractivity contribution < 1.29 is 35.9 Å². The van der Waals surface area contributed by atoms with Crippen LogP contribution in [0.1, 0.15) is 22.8 Å². The minimum absolute atomic E-state index is 0.0328. The Bertz CT molecular complexity index is 803. The molecule has 0 aliphatic heterocycles. The molecular formula is C17H13F6NO2S. The third kappa shape index (κ3) is 6.09. The number of halogens is 6. The average molecular weight is 409 g/mol. The fourth-order valence-electron chi connectivity index (χ4n) is 2.10. The van der Waals surface area contributed by atoms with Gasteiger partial charge in [-0.05, 0) is 48.2 Å². The number of benzene rings is 2. The molecule has 0 aliphatic rings. The maximum Gasteiger partial charge on any atom is 0.573 e. The van der Waals surface area contributed by atoms with Gasteiger partial charge in [-0.25, -0.2) is 0 Å². The van der Waals surface area contributed by atoms with E-state index in [1.807, 2.05) is 0 Å².